The van der Waals surface area contributed by atoms with Crippen LogP contribution in [0.1, 0.15) is 23.6 Å². The fourth-order valence-electron chi connectivity index (χ4n) is 4.02. The molecule has 2 heterocycles. The first-order valence-corrected chi connectivity index (χ1v) is 10.5. The molecular formula is C24H26N2O6. The van der Waals surface area contributed by atoms with E-state index in [0.717, 1.165) is 6.54 Å². The maximum Gasteiger partial charge on any atom is 0.295 e. The van der Waals surface area contributed by atoms with E-state index in [2.05, 4.69) is 0 Å². The van der Waals surface area contributed by atoms with Gasteiger partial charge in [-0.25, -0.2) is 0 Å². The third kappa shape index (κ3) is 4.13. The van der Waals surface area contributed by atoms with Crippen molar-refractivity contribution in [3.63, 3.8) is 0 Å². The Morgan fingerprint density at radius 1 is 1.06 bits per heavy atom. The zero-order valence-electron chi connectivity index (χ0n) is 18.1. The third-order valence-corrected chi connectivity index (χ3v) is 5.57. The summed E-state index contributed by atoms with van der Waals surface area (Å²) in [6.07, 6.45) is 0.665. The number of hydrogen-bond acceptors (Lipinski definition) is 7. The summed E-state index contributed by atoms with van der Waals surface area (Å²) < 4.78 is 11.1. The number of aliphatic hydroxyl groups is 1. The number of nitrogens with zero attached hydrogens (tertiary/aromatic N) is 2. The molecule has 2 aromatic rings. The van der Waals surface area contributed by atoms with Crippen molar-refractivity contribution in [1.82, 2.24) is 9.80 Å². The summed E-state index contributed by atoms with van der Waals surface area (Å²) in [4.78, 5) is 29.5. The zero-order chi connectivity index (χ0) is 22.8. The van der Waals surface area contributed by atoms with Gasteiger partial charge in [-0.15, -0.1) is 0 Å². The Morgan fingerprint density at radius 2 is 1.75 bits per heavy atom. The SMILES string of the molecule is CN(C)CCCN1C(=O)C(=O)/C(=C(\O)c2ccc3c(c2)OCCO3)C1c1ccc(O)cc1. The number of amides is 1. The highest BCUT2D eigenvalue weighted by Gasteiger charge is 2.45. The molecule has 32 heavy (non-hydrogen) atoms. The number of carbonyl (C=O) groups excluding carboxylic acids is 2. The number of likely N-dealkylation sites (tertiary alicyclic amines) is 1. The van der Waals surface area contributed by atoms with Crippen LogP contribution in [0.15, 0.2) is 48.0 Å². The molecule has 0 aliphatic carbocycles. The molecule has 168 valence electrons. The number of aromatic hydroxyl groups is 1. The van der Waals surface area contributed by atoms with Crippen LogP contribution in [-0.4, -0.2) is 72.1 Å². The molecular weight excluding hydrogens is 412 g/mol. The molecule has 1 fully saturated rings. The van der Waals surface area contributed by atoms with Crippen LogP contribution < -0.4 is 9.47 Å². The highest BCUT2D eigenvalue weighted by Crippen LogP contribution is 2.41. The molecule has 2 N–H and O–H groups in total. The quantitative estimate of drug-likeness (QED) is 0.406. The molecule has 4 rings (SSSR count). The number of rotatable bonds is 6. The summed E-state index contributed by atoms with van der Waals surface area (Å²) in [5, 5.41) is 20.9. The highest BCUT2D eigenvalue weighted by molar-refractivity contribution is 6.46. The number of phenols is 1. The van der Waals surface area contributed by atoms with Crippen molar-refractivity contribution >= 4 is 17.4 Å². The minimum Gasteiger partial charge on any atom is -0.508 e. The molecule has 1 unspecified atom stereocenters. The summed E-state index contributed by atoms with van der Waals surface area (Å²) in [6.45, 7) is 1.93. The van der Waals surface area contributed by atoms with Crippen LogP contribution in [0, 0.1) is 0 Å². The second kappa shape index (κ2) is 8.92. The monoisotopic (exact) mass is 438 g/mol. The zero-order valence-corrected chi connectivity index (χ0v) is 18.1. The average Bonchev–Trinajstić information content (AvgIpc) is 3.03. The van der Waals surface area contributed by atoms with Gasteiger partial charge in [0.2, 0.25) is 0 Å². The summed E-state index contributed by atoms with van der Waals surface area (Å²) in [6, 6.07) is 10.5. The molecule has 0 saturated carbocycles. The van der Waals surface area contributed by atoms with E-state index in [1.807, 2.05) is 19.0 Å². The molecule has 8 heteroatoms. The molecule has 0 spiro atoms. The van der Waals surface area contributed by atoms with E-state index in [-0.39, 0.29) is 17.1 Å². The molecule has 8 nitrogen and oxygen atoms in total. The minimum atomic E-state index is -0.758. The van der Waals surface area contributed by atoms with E-state index in [0.29, 0.717) is 48.8 Å². The Bertz CT molecular complexity index is 1060. The molecule has 0 radical (unpaired) electrons. The second-order valence-electron chi connectivity index (χ2n) is 8.10. The van der Waals surface area contributed by atoms with Gasteiger partial charge >= 0.3 is 0 Å². The van der Waals surface area contributed by atoms with Crippen molar-refractivity contribution in [1.29, 1.82) is 0 Å². The number of carbonyl (C=O) groups is 2. The fourth-order valence-corrected chi connectivity index (χ4v) is 4.02. The molecule has 2 aliphatic heterocycles. The largest absolute Gasteiger partial charge is 0.508 e. The van der Waals surface area contributed by atoms with Crippen LogP contribution >= 0.6 is 0 Å². The van der Waals surface area contributed by atoms with Gasteiger partial charge in [0.05, 0.1) is 11.6 Å². The number of benzene rings is 2. The Hall–Kier alpha value is -3.52. The number of aliphatic hydroxyl groups excluding tert-OH is 1. The molecule has 0 bridgehead atoms. The van der Waals surface area contributed by atoms with Crippen LogP contribution in [0.2, 0.25) is 0 Å². The smallest absolute Gasteiger partial charge is 0.295 e. The Labute approximate surface area is 186 Å². The fraction of sp³-hybridized carbons (Fsp3) is 0.333. The van der Waals surface area contributed by atoms with E-state index in [9.17, 15) is 19.8 Å². The van der Waals surface area contributed by atoms with Crippen LogP contribution in [-0.2, 0) is 9.59 Å². The second-order valence-corrected chi connectivity index (χ2v) is 8.10. The predicted octanol–water partition coefficient (Wildman–Crippen LogP) is 2.54. The minimum absolute atomic E-state index is 0.0159. The Morgan fingerprint density at radius 3 is 2.44 bits per heavy atom. The molecule has 1 atom stereocenters. The Balaban J connectivity index is 1.77. The van der Waals surface area contributed by atoms with Crippen LogP contribution in [0.25, 0.3) is 5.76 Å². The predicted molar refractivity (Wildman–Crippen MR) is 118 cm³/mol. The maximum absolute atomic E-state index is 13.0. The highest BCUT2D eigenvalue weighted by atomic mass is 16.6. The van der Waals surface area contributed by atoms with Crippen molar-refractivity contribution in [2.45, 2.75) is 12.5 Å². The van der Waals surface area contributed by atoms with Crippen LogP contribution in [0.4, 0.5) is 0 Å². The first-order chi connectivity index (χ1) is 15.4. The van der Waals surface area contributed by atoms with E-state index >= 15 is 0 Å². The summed E-state index contributed by atoms with van der Waals surface area (Å²) in [5.74, 6) is -0.548. The lowest BCUT2D eigenvalue weighted by Gasteiger charge is -2.26. The van der Waals surface area contributed by atoms with Crippen molar-refractivity contribution in [2.24, 2.45) is 0 Å². The molecule has 2 aliphatic rings. The summed E-state index contributed by atoms with van der Waals surface area (Å²) in [7, 11) is 3.88. The molecule has 1 amide bonds. The van der Waals surface area contributed by atoms with Gasteiger partial charge in [-0.2, -0.15) is 0 Å². The lowest BCUT2D eigenvalue weighted by molar-refractivity contribution is -0.139. The Kier molecular flexibility index (Phi) is 6.05. The lowest BCUT2D eigenvalue weighted by atomic mass is 9.95. The van der Waals surface area contributed by atoms with Crippen molar-refractivity contribution in [3.05, 3.63) is 59.2 Å². The number of fused-ring (bicyclic) bond motifs is 1. The van der Waals surface area contributed by atoms with Crippen molar-refractivity contribution < 1.29 is 29.3 Å². The first kappa shape index (κ1) is 21.7. The van der Waals surface area contributed by atoms with Gasteiger partial charge in [-0.1, -0.05) is 12.1 Å². The topological polar surface area (TPSA) is 99.5 Å². The molecule has 0 aromatic heterocycles. The standard InChI is InChI=1S/C24H26N2O6/c1-25(2)10-3-11-26-21(15-4-7-17(27)8-5-15)20(23(29)24(26)30)22(28)16-6-9-18-19(14-16)32-13-12-31-18/h4-9,14,21,27-28H,3,10-13H2,1-2H3/b22-20-. The van der Waals surface area contributed by atoms with Gasteiger partial charge < -0.3 is 29.5 Å². The normalized spacial score (nSPS) is 19.6. The van der Waals surface area contributed by atoms with Crippen molar-refractivity contribution in [3.8, 4) is 17.2 Å². The van der Waals surface area contributed by atoms with Gasteiger partial charge in [-0.05, 0) is 63.0 Å². The van der Waals surface area contributed by atoms with Gasteiger partial charge in [0, 0.05) is 12.1 Å². The van der Waals surface area contributed by atoms with Crippen LogP contribution in [0.3, 0.4) is 0 Å². The summed E-state index contributed by atoms with van der Waals surface area (Å²) in [5.41, 5.74) is 1.01. The first-order valence-electron chi connectivity index (χ1n) is 10.5. The number of ether oxygens (including phenoxy) is 2. The van der Waals surface area contributed by atoms with Crippen LogP contribution in [0.5, 0.6) is 17.2 Å². The van der Waals surface area contributed by atoms with Gasteiger partial charge in [0.1, 0.15) is 24.7 Å². The average molecular weight is 438 g/mol. The number of ketones is 1. The van der Waals surface area contributed by atoms with Gasteiger partial charge in [-0.3, -0.25) is 9.59 Å². The van der Waals surface area contributed by atoms with E-state index < -0.39 is 17.7 Å². The number of phenolic OH excluding ortho intramolecular Hbond substituents is 1. The van der Waals surface area contributed by atoms with Gasteiger partial charge in [0.25, 0.3) is 11.7 Å². The van der Waals surface area contributed by atoms with Crippen molar-refractivity contribution in [2.75, 3.05) is 40.4 Å². The maximum atomic E-state index is 13.0. The summed E-state index contributed by atoms with van der Waals surface area (Å²) >= 11 is 0. The van der Waals surface area contributed by atoms with E-state index in [4.69, 9.17) is 9.47 Å². The molecule has 1 saturated heterocycles. The third-order valence-electron chi connectivity index (χ3n) is 5.57. The van der Waals surface area contributed by atoms with E-state index in [1.54, 1.807) is 30.3 Å². The molecule has 2 aromatic carbocycles. The lowest BCUT2D eigenvalue weighted by Crippen LogP contribution is -2.32. The number of hydrogen-bond donors (Lipinski definition) is 2. The van der Waals surface area contributed by atoms with E-state index in [1.165, 1.54) is 17.0 Å². The van der Waals surface area contributed by atoms with Gasteiger partial charge in [0.15, 0.2) is 11.5 Å². The number of Topliss-reactive ketones (excluding diaryl/α,β-unsaturated/α-hetero) is 1.